The van der Waals surface area contributed by atoms with Gasteiger partial charge in [-0.2, -0.15) is 0 Å². The average Bonchev–Trinajstić information content (AvgIpc) is 3.51. The molecule has 0 radical (unpaired) electrons. The van der Waals surface area contributed by atoms with Crippen LogP contribution in [0.4, 0.5) is 14.5 Å². The number of carbonyl (C=O) groups excluding carboxylic acids is 3. The topological polar surface area (TPSA) is 109 Å². The van der Waals surface area contributed by atoms with Gasteiger partial charge >= 0.3 is 5.97 Å². The number of likely N-dealkylation sites (tertiary alicyclic amines) is 1. The summed E-state index contributed by atoms with van der Waals surface area (Å²) in [4.78, 5) is 51.4. The van der Waals surface area contributed by atoms with E-state index in [1.165, 1.54) is 48.0 Å². The summed E-state index contributed by atoms with van der Waals surface area (Å²) in [6.45, 7) is 0.623. The van der Waals surface area contributed by atoms with E-state index < -0.39 is 35.8 Å². The Morgan fingerprint density at radius 1 is 1.05 bits per heavy atom. The summed E-state index contributed by atoms with van der Waals surface area (Å²) >= 11 is 6.22. The number of halogens is 3. The molecular weight excluding hydrogens is 556 g/mol. The molecule has 2 heterocycles. The second-order valence-electron chi connectivity index (χ2n) is 9.80. The third-order valence-corrected chi connectivity index (χ3v) is 7.44. The van der Waals surface area contributed by atoms with E-state index in [4.69, 9.17) is 11.6 Å². The van der Waals surface area contributed by atoms with Crippen molar-refractivity contribution < 1.29 is 33.1 Å². The van der Waals surface area contributed by atoms with Crippen molar-refractivity contribution in [3.8, 4) is 11.1 Å². The molecule has 1 saturated heterocycles. The molecule has 11 heteroatoms. The Kier molecular flexibility index (Phi) is 7.59. The first kappa shape index (κ1) is 28.0. The Labute approximate surface area is 238 Å². The molecule has 2 N–H and O–H groups in total. The predicted octanol–water partition coefficient (Wildman–Crippen LogP) is 5.58. The number of aromatic carboxylic acids is 1. The predicted molar refractivity (Wildman–Crippen MR) is 149 cm³/mol. The normalized spacial score (nSPS) is 16.6. The summed E-state index contributed by atoms with van der Waals surface area (Å²) in [7, 11) is 0. The summed E-state index contributed by atoms with van der Waals surface area (Å²) in [6, 6.07) is 14.1. The Hall–Kier alpha value is -4.57. The van der Waals surface area contributed by atoms with Crippen LogP contribution in [0.5, 0.6) is 0 Å². The van der Waals surface area contributed by atoms with Gasteiger partial charge in [0.1, 0.15) is 18.8 Å². The largest absolute Gasteiger partial charge is 0.478 e. The van der Waals surface area contributed by atoms with Crippen LogP contribution in [0, 0.1) is 5.82 Å². The average molecular weight is 580 g/mol. The molecule has 3 aromatic carbocycles. The number of carboxylic acids is 1. The van der Waals surface area contributed by atoms with E-state index in [1.807, 2.05) is 0 Å². The number of alkyl halides is 1. The lowest BCUT2D eigenvalue weighted by Crippen LogP contribution is -2.44. The molecule has 1 fully saturated rings. The number of hydrogen-bond donors (Lipinski definition) is 2. The fourth-order valence-corrected chi connectivity index (χ4v) is 5.35. The number of Topliss-reactive ketones (excluding diaryl/α,β-unsaturated/α-hetero) is 1. The lowest BCUT2D eigenvalue weighted by atomic mass is 10.0. The van der Waals surface area contributed by atoms with Crippen molar-refractivity contribution in [2.75, 3.05) is 11.9 Å². The zero-order chi connectivity index (χ0) is 29.4. The van der Waals surface area contributed by atoms with Gasteiger partial charge in [0, 0.05) is 39.7 Å². The van der Waals surface area contributed by atoms with Crippen LogP contribution in [-0.2, 0) is 16.1 Å². The third kappa shape index (κ3) is 5.43. The maximum atomic E-state index is 15.4. The highest BCUT2D eigenvalue weighted by Crippen LogP contribution is 2.33. The van der Waals surface area contributed by atoms with E-state index >= 15 is 4.39 Å². The summed E-state index contributed by atoms with van der Waals surface area (Å²) in [5.74, 6) is -3.58. The monoisotopic (exact) mass is 579 g/mol. The van der Waals surface area contributed by atoms with E-state index in [0.717, 1.165) is 4.90 Å². The molecule has 0 aliphatic carbocycles. The smallest absolute Gasteiger partial charge is 0.335 e. The van der Waals surface area contributed by atoms with E-state index in [9.17, 15) is 28.7 Å². The number of carbonyl (C=O) groups is 4. The van der Waals surface area contributed by atoms with E-state index in [0.29, 0.717) is 21.5 Å². The molecule has 0 unspecified atom stereocenters. The fraction of sp³-hybridized carbons (Fsp3) is 0.200. The van der Waals surface area contributed by atoms with Gasteiger partial charge in [0.25, 0.3) is 0 Å². The maximum absolute atomic E-state index is 15.4. The number of carboxylic acid groups (broad SMARTS) is 1. The molecule has 41 heavy (non-hydrogen) atoms. The molecule has 1 aromatic heterocycles. The van der Waals surface area contributed by atoms with Crippen molar-refractivity contribution >= 4 is 51.8 Å². The second-order valence-corrected chi connectivity index (χ2v) is 10.2. The number of aromatic nitrogens is 1. The summed E-state index contributed by atoms with van der Waals surface area (Å²) in [5, 5.41) is 12.7. The molecule has 0 saturated carbocycles. The minimum atomic E-state index is -1.48. The fourth-order valence-electron chi connectivity index (χ4n) is 5.11. The number of amides is 2. The molecule has 2 atom stereocenters. The van der Waals surface area contributed by atoms with Crippen LogP contribution in [0.2, 0.25) is 5.02 Å². The van der Waals surface area contributed by atoms with Gasteiger partial charge in [-0.25, -0.2) is 13.6 Å². The highest BCUT2D eigenvalue weighted by Gasteiger charge is 2.40. The van der Waals surface area contributed by atoms with Gasteiger partial charge in [-0.05, 0) is 31.2 Å². The van der Waals surface area contributed by atoms with Gasteiger partial charge in [-0.15, -0.1) is 0 Å². The molecule has 0 spiro atoms. The molecule has 210 valence electrons. The molecule has 5 rings (SSSR count). The van der Waals surface area contributed by atoms with Gasteiger partial charge in [0.05, 0.1) is 23.3 Å². The lowest BCUT2D eigenvalue weighted by molar-refractivity contribution is -0.137. The lowest BCUT2D eigenvalue weighted by Gasteiger charge is -2.24. The van der Waals surface area contributed by atoms with Gasteiger partial charge in [-0.1, -0.05) is 48.0 Å². The number of anilines is 1. The zero-order valence-electron chi connectivity index (χ0n) is 21.7. The van der Waals surface area contributed by atoms with Crippen molar-refractivity contribution in [1.29, 1.82) is 0 Å². The van der Waals surface area contributed by atoms with Gasteiger partial charge in [0.2, 0.25) is 11.8 Å². The van der Waals surface area contributed by atoms with Crippen LogP contribution in [0.1, 0.15) is 34.1 Å². The van der Waals surface area contributed by atoms with E-state index in [1.54, 1.807) is 30.3 Å². The van der Waals surface area contributed by atoms with Crippen LogP contribution in [-0.4, -0.2) is 56.9 Å². The van der Waals surface area contributed by atoms with E-state index in [-0.39, 0.29) is 47.7 Å². The van der Waals surface area contributed by atoms with Crippen LogP contribution in [0.15, 0.2) is 66.9 Å². The number of ketones is 1. The Balaban J connectivity index is 1.40. The second kappa shape index (κ2) is 11.1. The number of fused-ring (bicyclic) bond motifs is 1. The third-order valence-electron chi connectivity index (χ3n) is 7.11. The van der Waals surface area contributed by atoms with E-state index in [2.05, 4.69) is 5.32 Å². The number of benzene rings is 3. The van der Waals surface area contributed by atoms with Crippen LogP contribution in [0.25, 0.3) is 22.0 Å². The highest BCUT2D eigenvalue weighted by molar-refractivity contribution is 6.33. The standard InChI is InChI=1S/C30H24ClF2N3O5/c1-16(37)22-14-35(25-11-17(30(40)41)9-10-20(22)25)15-27(38)36-13-18(32)12-26(36)29(39)34-24-8-4-6-21(28(24)33)19-5-2-3-7-23(19)31/h2-11,14,18,26H,12-13,15H2,1H3,(H,34,39)(H,40,41)/t18-,26+/m1/s1. The SMILES string of the molecule is CC(=O)c1cn(CC(=O)N2C[C@H](F)C[C@H]2C(=O)Nc2cccc(-c3ccccc3Cl)c2F)c2cc(C(=O)O)ccc12. The summed E-state index contributed by atoms with van der Waals surface area (Å²) in [5.41, 5.74) is 1.03. The first-order chi connectivity index (χ1) is 19.5. The Morgan fingerprint density at radius 3 is 2.49 bits per heavy atom. The van der Waals surface area contributed by atoms with Gasteiger partial charge < -0.3 is 19.9 Å². The minimum absolute atomic E-state index is 0.0392. The summed E-state index contributed by atoms with van der Waals surface area (Å²) in [6.07, 6.45) is -0.330. The number of hydrogen-bond acceptors (Lipinski definition) is 4. The van der Waals surface area contributed by atoms with Gasteiger partial charge in [-0.3, -0.25) is 14.4 Å². The van der Waals surface area contributed by atoms with Crippen molar-refractivity contribution in [2.45, 2.75) is 32.1 Å². The zero-order valence-corrected chi connectivity index (χ0v) is 22.5. The molecule has 8 nitrogen and oxygen atoms in total. The van der Waals surface area contributed by atoms with Crippen LogP contribution >= 0.6 is 11.6 Å². The number of rotatable bonds is 7. The van der Waals surface area contributed by atoms with Crippen molar-refractivity contribution in [2.24, 2.45) is 0 Å². The first-order valence-corrected chi connectivity index (χ1v) is 13.1. The number of nitrogens with zero attached hydrogens (tertiary/aromatic N) is 2. The van der Waals surface area contributed by atoms with Crippen molar-refractivity contribution in [1.82, 2.24) is 9.47 Å². The summed E-state index contributed by atoms with van der Waals surface area (Å²) < 4.78 is 31.4. The molecule has 1 aliphatic heterocycles. The molecule has 1 aliphatic rings. The first-order valence-electron chi connectivity index (χ1n) is 12.7. The molecule has 4 aromatic rings. The highest BCUT2D eigenvalue weighted by atomic mass is 35.5. The van der Waals surface area contributed by atoms with Crippen LogP contribution < -0.4 is 5.32 Å². The molecular formula is C30H24ClF2N3O5. The maximum Gasteiger partial charge on any atom is 0.335 e. The quantitative estimate of drug-likeness (QED) is 0.278. The van der Waals surface area contributed by atoms with Crippen molar-refractivity contribution in [3.05, 3.63) is 88.8 Å². The minimum Gasteiger partial charge on any atom is -0.478 e. The van der Waals surface area contributed by atoms with Crippen molar-refractivity contribution in [3.63, 3.8) is 0 Å². The Bertz CT molecular complexity index is 1720. The molecule has 0 bridgehead atoms. The Morgan fingerprint density at radius 2 is 1.78 bits per heavy atom. The molecule has 2 amide bonds. The van der Waals surface area contributed by atoms with Crippen LogP contribution in [0.3, 0.4) is 0 Å². The number of nitrogens with one attached hydrogen (secondary N) is 1. The van der Waals surface area contributed by atoms with Gasteiger partial charge in [0.15, 0.2) is 11.6 Å².